The van der Waals surface area contributed by atoms with E-state index in [0.29, 0.717) is 18.0 Å². The van der Waals surface area contributed by atoms with E-state index < -0.39 is 10.0 Å². The van der Waals surface area contributed by atoms with Gasteiger partial charge in [0.15, 0.2) is 5.76 Å². The van der Waals surface area contributed by atoms with Gasteiger partial charge in [-0.15, -0.1) is 0 Å². The number of hydrogen-bond acceptors (Lipinski definition) is 4. The molecule has 1 heterocycles. The number of sulfonamides is 1. The SMILES string of the molecule is Cc1ccc(CCCCNS(=O)(=O)c2c(C)noc2C)cc1. The molecule has 0 saturated heterocycles. The third-order valence-electron chi connectivity index (χ3n) is 3.54. The van der Waals surface area contributed by atoms with Crippen LogP contribution in [0.4, 0.5) is 0 Å². The Labute approximate surface area is 131 Å². The molecule has 0 atom stereocenters. The largest absolute Gasteiger partial charge is 0.360 e. The van der Waals surface area contributed by atoms with Gasteiger partial charge >= 0.3 is 0 Å². The van der Waals surface area contributed by atoms with Gasteiger partial charge < -0.3 is 4.52 Å². The zero-order chi connectivity index (χ0) is 16.2. The zero-order valence-corrected chi connectivity index (χ0v) is 14.0. The van der Waals surface area contributed by atoms with E-state index in [9.17, 15) is 8.42 Å². The number of rotatable bonds is 7. The molecule has 0 aliphatic heterocycles. The Kier molecular flexibility index (Phi) is 5.37. The highest BCUT2D eigenvalue weighted by molar-refractivity contribution is 7.89. The van der Waals surface area contributed by atoms with E-state index in [1.807, 2.05) is 0 Å². The van der Waals surface area contributed by atoms with Crippen molar-refractivity contribution in [3.8, 4) is 0 Å². The van der Waals surface area contributed by atoms with E-state index >= 15 is 0 Å². The molecular weight excluding hydrogens is 300 g/mol. The fraction of sp³-hybridized carbons (Fsp3) is 0.438. The van der Waals surface area contributed by atoms with Gasteiger partial charge in [0, 0.05) is 6.54 Å². The number of nitrogens with one attached hydrogen (secondary N) is 1. The maximum atomic E-state index is 12.2. The number of nitrogens with zero attached hydrogens (tertiary/aromatic N) is 1. The second kappa shape index (κ2) is 7.07. The van der Waals surface area contributed by atoms with Crippen LogP contribution in [0.15, 0.2) is 33.7 Å². The van der Waals surface area contributed by atoms with Crippen molar-refractivity contribution >= 4 is 10.0 Å². The molecule has 0 saturated carbocycles. The van der Waals surface area contributed by atoms with Gasteiger partial charge in [0.25, 0.3) is 0 Å². The van der Waals surface area contributed by atoms with E-state index in [1.54, 1.807) is 13.8 Å². The first-order valence-corrected chi connectivity index (χ1v) is 8.86. The molecule has 2 rings (SSSR count). The smallest absolute Gasteiger partial charge is 0.245 e. The summed E-state index contributed by atoms with van der Waals surface area (Å²) in [5.74, 6) is 0.324. The number of aryl methyl sites for hydroxylation is 4. The molecule has 1 N–H and O–H groups in total. The number of unbranched alkanes of at least 4 members (excludes halogenated alkanes) is 1. The summed E-state index contributed by atoms with van der Waals surface area (Å²) in [5.41, 5.74) is 2.92. The predicted octanol–water partition coefficient (Wildman–Crippen LogP) is 2.90. The Morgan fingerprint density at radius 2 is 1.77 bits per heavy atom. The molecular formula is C16H22N2O3S. The molecule has 5 nitrogen and oxygen atoms in total. The van der Waals surface area contributed by atoms with Crippen LogP contribution in [0.25, 0.3) is 0 Å². The third kappa shape index (κ3) is 4.18. The minimum Gasteiger partial charge on any atom is -0.360 e. The van der Waals surface area contributed by atoms with Crippen molar-refractivity contribution in [3.05, 3.63) is 46.8 Å². The maximum Gasteiger partial charge on any atom is 0.245 e. The average Bonchev–Trinajstić information content (AvgIpc) is 2.80. The first-order valence-electron chi connectivity index (χ1n) is 7.38. The Bertz CT molecular complexity index is 699. The Hall–Kier alpha value is -1.66. The summed E-state index contributed by atoms with van der Waals surface area (Å²) in [6, 6.07) is 8.41. The Morgan fingerprint density at radius 3 is 2.36 bits per heavy atom. The summed E-state index contributed by atoms with van der Waals surface area (Å²) in [7, 11) is -3.54. The van der Waals surface area contributed by atoms with E-state index in [2.05, 4.69) is 41.1 Å². The predicted molar refractivity (Wildman–Crippen MR) is 85.3 cm³/mol. The molecule has 0 unspecified atom stereocenters. The van der Waals surface area contributed by atoms with Gasteiger partial charge in [-0.2, -0.15) is 0 Å². The topological polar surface area (TPSA) is 72.2 Å². The van der Waals surface area contributed by atoms with Crippen molar-refractivity contribution in [2.45, 2.75) is 44.9 Å². The fourth-order valence-electron chi connectivity index (χ4n) is 2.35. The lowest BCUT2D eigenvalue weighted by molar-refractivity contribution is 0.390. The Balaban J connectivity index is 1.80. The molecule has 0 aliphatic rings. The van der Waals surface area contributed by atoms with Crippen molar-refractivity contribution in [1.82, 2.24) is 9.88 Å². The fourth-order valence-corrected chi connectivity index (χ4v) is 3.75. The standard InChI is InChI=1S/C16H22N2O3S/c1-12-7-9-15(10-8-12)6-4-5-11-17-22(19,20)16-13(2)18-21-14(16)3/h7-10,17H,4-6,11H2,1-3H3. The second-order valence-corrected chi connectivity index (χ2v) is 7.20. The van der Waals surface area contributed by atoms with Crippen molar-refractivity contribution in [1.29, 1.82) is 0 Å². The minimum absolute atomic E-state index is 0.158. The highest BCUT2D eigenvalue weighted by Crippen LogP contribution is 2.18. The van der Waals surface area contributed by atoms with E-state index in [1.165, 1.54) is 11.1 Å². The van der Waals surface area contributed by atoms with Gasteiger partial charge in [0.2, 0.25) is 10.0 Å². The molecule has 0 aliphatic carbocycles. The monoisotopic (exact) mass is 322 g/mol. The summed E-state index contributed by atoms with van der Waals surface area (Å²) < 4.78 is 31.9. The van der Waals surface area contributed by atoms with Crippen molar-refractivity contribution in [3.63, 3.8) is 0 Å². The number of hydrogen-bond donors (Lipinski definition) is 1. The first kappa shape index (κ1) is 16.7. The van der Waals surface area contributed by atoms with Crippen molar-refractivity contribution < 1.29 is 12.9 Å². The van der Waals surface area contributed by atoms with Crippen LogP contribution < -0.4 is 4.72 Å². The summed E-state index contributed by atoms with van der Waals surface area (Å²) in [5, 5.41) is 3.68. The summed E-state index contributed by atoms with van der Waals surface area (Å²) in [6.07, 6.45) is 2.68. The lowest BCUT2D eigenvalue weighted by atomic mass is 10.1. The lowest BCUT2D eigenvalue weighted by Gasteiger charge is -2.06. The van der Waals surface area contributed by atoms with Gasteiger partial charge in [0.05, 0.1) is 0 Å². The van der Waals surface area contributed by atoms with Gasteiger partial charge in [-0.05, 0) is 45.6 Å². The lowest BCUT2D eigenvalue weighted by Crippen LogP contribution is -2.25. The quantitative estimate of drug-likeness (QED) is 0.796. The highest BCUT2D eigenvalue weighted by Gasteiger charge is 2.23. The molecule has 120 valence electrons. The van der Waals surface area contributed by atoms with Crippen LogP contribution in [0.1, 0.15) is 35.4 Å². The van der Waals surface area contributed by atoms with Crippen LogP contribution in [-0.4, -0.2) is 20.1 Å². The Morgan fingerprint density at radius 1 is 1.09 bits per heavy atom. The summed E-state index contributed by atoms with van der Waals surface area (Å²) in [4.78, 5) is 0.158. The minimum atomic E-state index is -3.54. The normalized spacial score (nSPS) is 11.8. The van der Waals surface area contributed by atoms with Crippen molar-refractivity contribution in [2.24, 2.45) is 0 Å². The van der Waals surface area contributed by atoms with E-state index in [-0.39, 0.29) is 4.90 Å². The molecule has 1 aromatic heterocycles. The highest BCUT2D eigenvalue weighted by atomic mass is 32.2. The third-order valence-corrected chi connectivity index (χ3v) is 5.25. The van der Waals surface area contributed by atoms with Crippen LogP contribution >= 0.6 is 0 Å². The molecule has 0 radical (unpaired) electrons. The average molecular weight is 322 g/mol. The van der Waals surface area contributed by atoms with E-state index in [4.69, 9.17) is 4.52 Å². The molecule has 1 aromatic carbocycles. The zero-order valence-electron chi connectivity index (χ0n) is 13.2. The molecule has 0 bridgehead atoms. The van der Waals surface area contributed by atoms with Gasteiger partial charge in [0.1, 0.15) is 10.6 Å². The summed E-state index contributed by atoms with van der Waals surface area (Å²) in [6.45, 7) is 5.71. The van der Waals surface area contributed by atoms with Crippen molar-refractivity contribution in [2.75, 3.05) is 6.54 Å². The number of benzene rings is 1. The molecule has 6 heteroatoms. The van der Waals surface area contributed by atoms with Gasteiger partial charge in [-0.1, -0.05) is 35.0 Å². The molecule has 2 aromatic rings. The van der Waals surface area contributed by atoms with Gasteiger partial charge in [-0.25, -0.2) is 13.1 Å². The molecule has 22 heavy (non-hydrogen) atoms. The molecule has 0 amide bonds. The second-order valence-electron chi connectivity index (χ2n) is 5.49. The first-order chi connectivity index (χ1) is 10.4. The molecule has 0 fully saturated rings. The van der Waals surface area contributed by atoms with Crippen LogP contribution in [0, 0.1) is 20.8 Å². The number of aromatic nitrogens is 1. The maximum absolute atomic E-state index is 12.2. The van der Waals surface area contributed by atoms with Gasteiger partial charge in [-0.3, -0.25) is 0 Å². The summed E-state index contributed by atoms with van der Waals surface area (Å²) >= 11 is 0. The molecule has 0 spiro atoms. The van der Waals surface area contributed by atoms with Crippen LogP contribution in [-0.2, 0) is 16.4 Å². The van der Waals surface area contributed by atoms with Crippen LogP contribution in [0.3, 0.4) is 0 Å². The van der Waals surface area contributed by atoms with E-state index in [0.717, 1.165) is 19.3 Å². The van der Waals surface area contributed by atoms with Crippen LogP contribution in [0.2, 0.25) is 0 Å². The van der Waals surface area contributed by atoms with Crippen LogP contribution in [0.5, 0.6) is 0 Å².